The lowest BCUT2D eigenvalue weighted by Crippen LogP contribution is -2.47. The molecule has 22 heavy (non-hydrogen) atoms. The molecule has 3 rings (SSSR count). The first-order chi connectivity index (χ1) is 10.6. The standard InChI is InChI=1S/C16H24N2O3S/c1-13(17-22(19,20)18-8-10-21-11-9-18)15-7-6-14-4-2-3-5-16(14)12-15/h6-7,12-13,17H,2-5,8-11H2,1H3/t13-/m0/s1. The van der Waals surface area contributed by atoms with Crippen LogP contribution in [-0.2, 0) is 27.8 Å². The predicted molar refractivity (Wildman–Crippen MR) is 85.9 cm³/mol. The van der Waals surface area contributed by atoms with Crippen LogP contribution in [0.4, 0.5) is 0 Å². The molecule has 1 aromatic rings. The summed E-state index contributed by atoms with van der Waals surface area (Å²) in [7, 11) is -3.45. The monoisotopic (exact) mass is 324 g/mol. The van der Waals surface area contributed by atoms with Crippen molar-refractivity contribution < 1.29 is 13.2 Å². The van der Waals surface area contributed by atoms with Crippen LogP contribution in [0.15, 0.2) is 18.2 Å². The molecule has 0 unspecified atom stereocenters. The Morgan fingerprint density at radius 1 is 1.14 bits per heavy atom. The number of rotatable bonds is 4. The third-order valence-electron chi connectivity index (χ3n) is 4.51. The van der Waals surface area contributed by atoms with Crippen molar-refractivity contribution in [3.63, 3.8) is 0 Å². The van der Waals surface area contributed by atoms with Gasteiger partial charge in [0.05, 0.1) is 13.2 Å². The molecule has 0 spiro atoms. The van der Waals surface area contributed by atoms with E-state index < -0.39 is 10.2 Å². The van der Waals surface area contributed by atoms with Crippen molar-refractivity contribution in [3.8, 4) is 0 Å². The Morgan fingerprint density at radius 3 is 2.55 bits per heavy atom. The summed E-state index contributed by atoms with van der Waals surface area (Å²) in [5.74, 6) is 0. The summed E-state index contributed by atoms with van der Waals surface area (Å²) in [4.78, 5) is 0. The Hall–Kier alpha value is -0.950. The lowest BCUT2D eigenvalue weighted by molar-refractivity contribution is 0.0723. The molecular formula is C16H24N2O3S. The second kappa shape index (κ2) is 6.66. The number of benzene rings is 1. The highest BCUT2D eigenvalue weighted by atomic mass is 32.2. The summed E-state index contributed by atoms with van der Waals surface area (Å²) in [6.07, 6.45) is 4.73. The van der Waals surface area contributed by atoms with Crippen LogP contribution in [0.2, 0.25) is 0 Å². The maximum atomic E-state index is 12.4. The number of ether oxygens (including phenoxy) is 1. The molecule has 1 aliphatic carbocycles. The van der Waals surface area contributed by atoms with Crippen molar-refractivity contribution in [1.82, 2.24) is 9.03 Å². The molecule has 2 aliphatic rings. The zero-order valence-corrected chi connectivity index (χ0v) is 13.9. The van der Waals surface area contributed by atoms with Crippen LogP contribution in [0.5, 0.6) is 0 Å². The average molecular weight is 324 g/mol. The third kappa shape index (κ3) is 3.51. The number of hydrogen-bond donors (Lipinski definition) is 1. The molecule has 6 heteroatoms. The number of morpholine rings is 1. The summed E-state index contributed by atoms with van der Waals surface area (Å²) in [6.45, 7) is 3.68. The Bertz CT molecular complexity index is 624. The van der Waals surface area contributed by atoms with E-state index in [0.29, 0.717) is 26.3 Å². The first kappa shape index (κ1) is 15.9. The number of aryl methyl sites for hydroxylation is 2. The van der Waals surface area contributed by atoms with E-state index >= 15 is 0 Å². The molecule has 1 heterocycles. The Morgan fingerprint density at radius 2 is 1.82 bits per heavy atom. The minimum Gasteiger partial charge on any atom is -0.379 e. The maximum absolute atomic E-state index is 12.4. The number of nitrogens with zero attached hydrogens (tertiary/aromatic N) is 1. The quantitative estimate of drug-likeness (QED) is 0.919. The minimum atomic E-state index is -3.45. The van der Waals surface area contributed by atoms with Crippen LogP contribution < -0.4 is 4.72 Å². The fourth-order valence-corrected chi connectivity index (χ4v) is 4.54. The topological polar surface area (TPSA) is 58.6 Å². The molecule has 1 saturated heterocycles. The largest absolute Gasteiger partial charge is 0.379 e. The summed E-state index contributed by atoms with van der Waals surface area (Å²) in [5, 5.41) is 0. The molecule has 5 nitrogen and oxygen atoms in total. The second-order valence-corrected chi connectivity index (χ2v) is 7.79. The molecule has 1 aliphatic heterocycles. The van der Waals surface area contributed by atoms with Gasteiger partial charge in [-0.25, -0.2) is 0 Å². The number of hydrogen-bond acceptors (Lipinski definition) is 3. The minimum absolute atomic E-state index is 0.222. The van der Waals surface area contributed by atoms with Crippen LogP contribution in [0, 0.1) is 0 Å². The highest BCUT2D eigenvalue weighted by Crippen LogP contribution is 2.25. The van der Waals surface area contributed by atoms with Crippen molar-refractivity contribution in [2.24, 2.45) is 0 Å². The van der Waals surface area contributed by atoms with Gasteiger partial charge in [0, 0.05) is 19.1 Å². The van der Waals surface area contributed by atoms with Crippen LogP contribution >= 0.6 is 0 Å². The molecule has 1 atom stereocenters. The third-order valence-corrected chi connectivity index (χ3v) is 6.20. The van der Waals surface area contributed by atoms with Gasteiger partial charge in [-0.05, 0) is 49.3 Å². The van der Waals surface area contributed by atoms with Crippen LogP contribution in [-0.4, -0.2) is 39.0 Å². The van der Waals surface area contributed by atoms with E-state index in [1.165, 1.54) is 28.3 Å². The van der Waals surface area contributed by atoms with E-state index in [2.05, 4.69) is 22.9 Å². The molecule has 0 aromatic heterocycles. The van der Waals surface area contributed by atoms with Gasteiger partial charge in [0.15, 0.2) is 0 Å². The van der Waals surface area contributed by atoms with Gasteiger partial charge in [0.1, 0.15) is 0 Å². The maximum Gasteiger partial charge on any atom is 0.280 e. The van der Waals surface area contributed by atoms with Crippen molar-refractivity contribution in [2.45, 2.75) is 38.6 Å². The zero-order chi connectivity index (χ0) is 15.6. The van der Waals surface area contributed by atoms with E-state index in [9.17, 15) is 8.42 Å². The Labute approximate surface area is 132 Å². The molecule has 0 amide bonds. The van der Waals surface area contributed by atoms with Gasteiger partial charge in [-0.2, -0.15) is 17.4 Å². The van der Waals surface area contributed by atoms with Crippen LogP contribution in [0.3, 0.4) is 0 Å². The van der Waals surface area contributed by atoms with E-state index in [0.717, 1.165) is 18.4 Å². The summed E-state index contributed by atoms with van der Waals surface area (Å²) >= 11 is 0. The van der Waals surface area contributed by atoms with Gasteiger partial charge in [0.25, 0.3) is 10.2 Å². The molecule has 0 radical (unpaired) electrons. The van der Waals surface area contributed by atoms with Crippen molar-refractivity contribution in [2.75, 3.05) is 26.3 Å². The van der Waals surface area contributed by atoms with E-state index in [-0.39, 0.29) is 6.04 Å². The van der Waals surface area contributed by atoms with Crippen molar-refractivity contribution >= 4 is 10.2 Å². The zero-order valence-electron chi connectivity index (χ0n) is 13.0. The Kier molecular flexibility index (Phi) is 4.82. The fourth-order valence-electron chi connectivity index (χ4n) is 3.18. The highest BCUT2D eigenvalue weighted by Gasteiger charge is 2.26. The predicted octanol–water partition coefficient (Wildman–Crippen LogP) is 1.79. The fraction of sp³-hybridized carbons (Fsp3) is 0.625. The smallest absolute Gasteiger partial charge is 0.280 e. The summed E-state index contributed by atoms with van der Waals surface area (Å²) < 4.78 is 34.3. The molecule has 1 aromatic carbocycles. The van der Waals surface area contributed by atoms with Gasteiger partial charge >= 0.3 is 0 Å². The van der Waals surface area contributed by atoms with Gasteiger partial charge in [-0.1, -0.05) is 18.2 Å². The van der Waals surface area contributed by atoms with E-state index in [1.54, 1.807) is 0 Å². The van der Waals surface area contributed by atoms with Gasteiger partial charge in [-0.15, -0.1) is 0 Å². The molecule has 1 fully saturated rings. The lowest BCUT2D eigenvalue weighted by atomic mass is 9.89. The normalized spacial score (nSPS) is 21.3. The van der Waals surface area contributed by atoms with Gasteiger partial charge in [0.2, 0.25) is 0 Å². The number of nitrogens with one attached hydrogen (secondary N) is 1. The van der Waals surface area contributed by atoms with Crippen molar-refractivity contribution in [1.29, 1.82) is 0 Å². The molecule has 0 bridgehead atoms. The van der Waals surface area contributed by atoms with Crippen LogP contribution in [0.25, 0.3) is 0 Å². The molecular weight excluding hydrogens is 300 g/mol. The van der Waals surface area contributed by atoms with E-state index in [1.807, 2.05) is 6.92 Å². The van der Waals surface area contributed by atoms with Crippen LogP contribution in [0.1, 0.15) is 42.5 Å². The highest BCUT2D eigenvalue weighted by molar-refractivity contribution is 7.87. The lowest BCUT2D eigenvalue weighted by Gasteiger charge is -2.28. The molecule has 122 valence electrons. The molecule has 0 saturated carbocycles. The first-order valence-corrected chi connectivity index (χ1v) is 9.47. The average Bonchev–Trinajstić information content (AvgIpc) is 2.55. The van der Waals surface area contributed by atoms with Gasteiger partial charge in [-0.3, -0.25) is 0 Å². The van der Waals surface area contributed by atoms with E-state index in [4.69, 9.17) is 4.74 Å². The molecule has 1 N–H and O–H groups in total. The van der Waals surface area contributed by atoms with Crippen molar-refractivity contribution in [3.05, 3.63) is 34.9 Å². The number of fused-ring (bicyclic) bond motifs is 1. The second-order valence-electron chi connectivity index (χ2n) is 6.09. The Balaban J connectivity index is 1.72. The first-order valence-electron chi connectivity index (χ1n) is 8.03. The SMILES string of the molecule is C[C@H](NS(=O)(=O)N1CCOCC1)c1ccc2c(c1)CCCC2. The van der Waals surface area contributed by atoms with Gasteiger partial charge < -0.3 is 4.74 Å². The summed E-state index contributed by atoms with van der Waals surface area (Å²) in [6, 6.07) is 6.15. The summed E-state index contributed by atoms with van der Waals surface area (Å²) in [5.41, 5.74) is 3.83.